The third kappa shape index (κ3) is 5.19. The van der Waals surface area contributed by atoms with Crippen LogP contribution in [0.25, 0.3) is 19.5 Å². The van der Waals surface area contributed by atoms with Gasteiger partial charge in [-0.05, 0) is 84.9 Å². The number of hydrogen-bond donors (Lipinski definition) is 2. The predicted octanol–water partition coefficient (Wildman–Crippen LogP) is 7.17. The Labute approximate surface area is 205 Å². The van der Waals surface area contributed by atoms with E-state index < -0.39 is 0 Å². The summed E-state index contributed by atoms with van der Waals surface area (Å²) in [5.41, 5.74) is 14.9. The smallest absolute Gasteiger partial charge is 0.0779 e. The number of rotatable bonds is 2. The van der Waals surface area contributed by atoms with Gasteiger partial charge in [-0.15, -0.1) is 34.0 Å². The van der Waals surface area contributed by atoms with E-state index >= 15 is 0 Å². The van der Waals surface area contributed by atoms with Crippen molar-refractivity contribution in [2.75, 3.05) is 11.5 Å². The van der Waals surface area contributed by atoms with Gasteiger partial charge in [0, 0.05) is 42.0 Å². The second kappa shape index (κ2) is 9.40. The molecule has 5 heteroatoms. The average molecular weight is 479 g/mol. The van der Waals surface area contributed by atoms with Crippen molar-refractivity contribution in [3.8, 4) is 43.2 Å². The molecule has 0 saturated carbocycles. The fraction of sp³-hybridized carbons (Fsp3) is 0. The first-order valence-electron chi connectivity index (χ1n) is 10.2. The molecule has 0 unspecified atom stereocenters. The molecular weight excluding hydrogens is 461 g/mol. The molecule has 0 aliphatic heterocycles. The fourth-order valence-electron chi connectivity index (χ4n) is 3.08. The molecule has 0 saturated heterocycles. The van der Waals surface area contributed by atoms with Crippen LogP contribution in [-0.4, -0.2) is 0 Å². The minimum absolute atomic E-state index is 0.749. The Bertz CT molecular complexity index is 1410. The van der Waals surface area contributed by atoms with Crippen LogP contribution >= 0.6 is 34.0 Å². The Morgan fingerprint density at radius 3 is 1.18 bits per heavy atom. The average Bonchev–Trinajstić information content (AvgIpc) is 3.58. The molecule has 158 valence electrons. The van der Waals surface area contributed by atoms with Crippen LogP contribution in [0.1, 0.15) is 20.9 Å². The molecule has 0 amide bonds. The van der Waals surface area contributed by atoms with E-state index in [9.17, 15) is 0 Å². The lowest BCUT2D eigenvalue weighted by atomic mass is 10.2. The van der Waals surface area contributed by atoms with E-state index in [1.54, 1.807) is 34.0 Å². The first kappa shape index (κ1) is 21.1. The molecule has 0 aliphatic rings. The summed E-state index contributed by atoms with van der Waals surface area (Å²) >= 11 is 5.22. The van der Waals surface area contributed by atoms with Gasteiger partial charge in [-0.3, -0.25) is 0 Å². The van der Waals surface area contributed by atoms with Crippen LogP contribution in [0.4, 0.5) is 11.4 Å². The maximum absolute atomic E-state index is 5.74. The summed E-state index contributed by atoms with van der Waals surface area (Å²) in [4.78, 5) is 7.05. The third-order valence-corrected chi connectivity index (χ3v) is 8.26. The highest BCUT2D eigenvalue weighted by molar-refractivity contribution is 7.26. The Hall–Kier alpha value is -3.74. The van der Waals surface area contributed by atoms with Gasteiger partial charge in [0.1, 0.15) is 0 Å². The minimum Gasteiger partial charge on any atom is -0.399 e. The summed E-state index contributed by atoms with van der Waals surface area (Å²) in [5.74, 6) is 12.9. The third-order valence-electron chi connectivity index (χ3n) is 4.79. The molecule has 33 heavy (non-hydrogen) atoms. The number of anilines is 2. The van der Waals surface area contributed by atoms with Crippen molar-refractivity contribution in [3.63, 3.8) is 0 Å². The summed E-state index contributed by atoms with van der Waals surface area (Å²) in [6.07, 6.45) is 0. The van der Waals surface area contributed by atoms with E-state index in [2.05, 4.69) is 60.1 Å². The monoisotopic (exact) mass is 478 g/mol. The molecule has 0 fully saturated rings. The molecule has 0 atom stereocenters. The van der Waals surface area contributed by atoms with Gasteiger partial charge in [-0.1, -0.05) is 23.7 Å². The van der Waals surface area contributed by atoms with Gasteiger partial charge in [-0.2, -0.15) is 0 Å². The Morgan fingerprint density at radius 1 is 0.394 bits per heavy atom. The Morgan fingerprint density at radius 2 is 0.758 bits per heavy atom. The highest BCUT2D eigenvalue weighted by atomic mass is 32.1. The summed E-state index contributed by atoms with van der Waals surface area (Å²) in [7, 11) is 0. The summed E-state index contributed by atoms with van der Waals surface area (Å²) in [5, 5.41) is 0. The lowest BCUT2D eigenvalue weighted by Crippen LogP contribution is -1.82. The standard InChI is InChI=1S/C28H18N2S3/c29-21-7-1-19(2-8-21)5-11-23-13-15-25(31-23)27-17-18-28(33-27)26-16-14-24(32-26)12-6-20-3-9-22(30)10-4-20/h1-4,7-10,13-18H,29-30H2. The van der Waals surface area contributed by atoms with Gasteiger partial charge >= 0.3 is 0 Å². The normalized spacial score (nSPS) is 10.2. The molecule has 2 nitrogen and oxygen atoms in total. The zero-order valence-electron chi connectivity index (χ0n) is 17.5. The zero-order chi connectivity index (χ0) is 22.6. The largest absolute Gasteiger partial charge is 0.399 e. The van der Waals surface area contributed by atoms with E-state index in [-0.39, 0.29) is 0 Å². The summed E-state index contributed by atoms with van der Waals surface area (Å²) in [6, 6.07) is 28.1. The molecule has 0 radical (unpaired) electrons. The van der Waals surface area contributed by atoms with E-state index in [1.807, 2.05) is 48.5 Å². The first-order chi connectivity index (χ1) is 16.1. The molecule has 2 aromatic carbocycles. The topological polar surface area (TPSA) is 52.0 Å². The molecule has 5 aromatic rings. The van der Waals surface area contributed by atoms with Crippen molar-refractivity contribution in [1.82, 2.24) is 0 Å². The van der Waals surface area contributed by atoms with Crippen LogP contribution in [0.2, 0.25) is 0 Å². The fourth-order valence-corrected chi connectivity index (χ4v) is 5.98. The van der Waals surface area contributed by atoms with Crippen LogP contribution in [0.5, 0.6) is 0 Å². The zero-order valence-corrected chi connectivity index (χ0v) is 19.9. The molecule has 3 heterocycles. The van der Waals surface area contributed by atoms with E-state index in [4.69, 9.17) is 11.5 Å². The molecule has 3 aromatic heterocycles. The summed E-state index contributed by atoms with van der Waals surface area (Å²) < 4.78 is 0. The van der Waals surface area contributed by atoms with Crippen molar-refractivity contribution < 1.29 is 0 Å². The first-order valence-corrected chi connectivity index (χ1v) is 12.6. The van der Waals surface area contributed by atoms with E-state index in [0.717, 1.165) is 32.3 Å². The second-order valence-corrected chi connectivity index (χ2v) is 10.5. The minimum atomic E-state index is 0.749. The maximum atomic E-state index is 5.74. The van der Waals surface area contributed by atoms with Crippen LogP contribution in [0.15, 0.2) is 84.9 Å². The van der Waals surface area contributed by atoms with Crippen LogP contribution in [0, 0.1) is 23.7 Å². The van der Waals surface area contributed by atoms with Crippen molar-refractivity contribution in [1.29, 1.82) is 0 Å². The number of nitrogen functional groups attached to an aromatic ring is 2. The van der Waals surface area contributed by atoms with E-state index in [0.29, 0.717) is 0 Å². The lowest BCUT2D eigenvalue weighted by molar-refractivity contribution is 1.63. The van der Waals surface area contributed by atoms with Gasteiger partial charge < -0.3 is 11.5 Å². The van der Waals surface area contributed by atoms with E-state index in [1.165, 1.54) is 19.5 Å². The molecule has 4 N–H and O–H groups in total. The number of thiophene rings is 3. The van der Waals surface area contributed by atoms with Crippen LogP contribution in [0.3, 0.4) is 0 Å². The van der Waals surface area contributed by atoms with Crippen molar-refractivity contribution in [3.05, 3.63) is 106 Å². The highest BCUT2D eigenvalue weighted by Gasteiger charge is 2.09. The van der Waals surface area contributed by atoms with Gasteiger partial charge in [0.05, 0.1) is 9.75 Å². The van der Waals surface area contributed by atoms with Crippen molar-refractivity contribution in [2.45, 2.75) is 0 Å². The molecule has 0 aliphatic carbocycles. The highest BCUT2D eigenvalue weighted by Crippen LogP contribution is 2.39. The van der Waals surface area contributed by atoms with Crippen molar-refractivity contribution in [2.24, 2.45) is 0 Å². The molecule has 5 rings (SSSR count). The predicted molar refractivity (Wildman–Crippen MR) is 145 cm³/mol. The van der Waals surface area contributed by atoms with Gasteiger partial charge in [0.2, 0.25) is 0 Å². The maximum Gasteiger partial charge on any atom is 0.0779 e. The number of nitrogens with two attached hydrogens (primary N) is 2. The summed E-state index contributed by atoms with van der Waals surface area (Å²) in [6.45, 7) is 0. The second-order valence-electron chi connectivity index (χ2n) is 7.24. The van der Waals surface area contributed by atoms with Crippen LogP contribution in [-0.2, 0) is 0 Å². The number of benzene rings is 2. The van der Waals surface area contributed by atoms with Gasteiger partial charge in [0.15, 0.2) is 0 Å². The molecule has 0 spiro atoms. The quantitative estimate of drug-likeness (QED) is 0.209. The SMILES string of the molecule is Nc1ccc(C#Cc2ccc(-c3ccc(-c4ccc(C#Cc5ccc(N)cc5)s4)s3)s2)cc1. The van der Waals surface area contributed by atoms with Crippen LogP contribution < -0.4 is 11.5 Å². The lowest BCUT2D eigenvalue weighted by Gasteiger charge is -1.91. The Kier molecular flexibility index (Phi) is 6.02. The van der Waals surface area contributed by atoms with Gasteiger partial charge in [-0.25, -0.2) is 0 Å². The number of hydrogen-bond acceptors (Lipinski definition) is 5. The van der Waals surface area contributed by atoms with Crippen molar-refractivity contribution >= 4 is 45.4 Å². The Balaban J connectivity index is 1.30. The molecular formula is C28H18N2S3. The van der Waals surface area contributed by atoms with Gasteiger partial charge in [0.25, 0.3) is 0 Å². The molecule has 0 bridgehead atoms.